The van der Waals surface area contributed by atoms with E-state index in [4.69, 9.17) is 16.5 Å². The number of benzene rings is 1. The normalized spacial score (nSPS) is 11.3. The summed E-state index contributed by atoms with van der Waals surface area (Å²) in [4.78, 5) is 39.3. The maximum Gasteiger partial charge on any atom is 0.349 e. The molecule has 0 amide bonds. The Morgan fingerprint density at radius 3 is 2.00 bits per heavy atom. The van der Waals surface area contributed by atoms with Crippen LogP contribution in [-0.2, 0) is 26.6 Å². The van der Waals surface area contributed by atoms with Gasteiger partial charge in [-0.1, -0.05) is 32.6 Å². The summed E-state index contributed by atoms with van der Waals surface area (Å²) in [7, 11) is 2.06. The van der Waals surface area contributed by atoms with Gasteiger partial charge < -0.3 is 20.9 Å². The number of unbranched alkanes of at least 4 members (excludes halogenated alkanes) is 4. The van der Waals surface area contributed by atoms with Crippen LogP contribution in [0.1, 0.15) is 44.9 Å². The van der Waals surface area contributed by atoms with Gasteiger partial charge in [0.25, 0.3) is 0 Å². The topological polar surface area (TPSA) is 143 Å². The smallest absolute Gasteiger partial charge is 0.349 e. The van der Waals surface area contributed by atoms with Gasteiger partial charge in [0.15, 0.2) is 0 Å². The van der Waals surface area contributed by atoms with Crippen molar-refractivity contribution >= 4 is 28.4 Å². The molecule has 202 valence electrons. The molecule has 4 N–H and O–H groups in total. The van der Waals surface area contributed by atoms with Crippen molar-refractivity contribution in [1.29, 1.82) is 0 Å². The van der Waals surface area contributed by atoms with Gasteiger partial charge in [0.1, 0.15) is 17.5 Å². The lowest BCUT2D eigenvalue weighted by Crippen LogP contribution is -2.36. The monoisotopic (exact) mass is 519 g/mol. The first-order valence-electron chi connectivity index (χ1n) is 13.2. The predicted molar refractivity (Wildman–Crippen MR) is 151 cm³/mol. The highest BCUT2D eigenvalue weighted by Crippen LogP contribution is 2.23. The van der Waals surface area contributed by atoms with E-state index in [2.05, 4.69) is 51.6 Å². The number of hydrogen-bond acceptors (Lipinski definition) is 8. The van der Waals surface area contributed by atoms with E-state index < -0.39 is 11.4 Å². The van der Waals surface area contributed by atoms with Crippen LogP contribution in [0.4, 0.5) is 17.3 Å². The van der Waals surface area contributed by atoms with Crippen LogP contribution < -0.4 is 27.7 Å². The molecule has 0 atom stereocenters. The van der Waals surface area contributed by atoms with Crippen LogP contribution in [0.2, 0.25) is 0 Å². The molecule has 11 heteroatoms. The number of rotatable bonds is 13. The first kappa shape index (κ1) is 26.9. The largest absolute Gasteiger partial charge is 0.383 e. The van der Waals surface area contributed by atoms with Gasteiger partial charge in [-0.3, -0.25) is 9.13 Å². The molecule has 0 saturated heterocycles. The zero-order valence-electron chi connectivity index (χ0n) is 22.2. The molecule has 0 aliphatic heterocycles. The standard InChI is InChI=1S/C27H37N9O2/c1-3-4-5-6-7-8-25-30-21-19-20(9-10-22(21)33(25)2)34(15-17-35-13-11-23(28)31-26(35)37)16-18-36-14-12-24(29)32-27(36)38/h9-14,19H,3-8,15-18H2,1-2H3,(H2,28,31,37)(H2,29,32,38). The summed E-state index contributed by atoms with van der Waals surface area (Å²) in [6, 6.07) is 9.43. The van der Waals surface area contributed by atoms with Gasteiger partial charge in [0.2, 0.25) is 0 Å². The number of aromatic nitrogens is 6. The summed E-state index contributed by atoms with van der Waals surface area (Å²) in [5.74, 6) is 1.47. The van der Waals surface area contributed by atoms with Crippen molar-refractivity contribution in [2.75, 3.05) is 29.5 Å². The number of nitrogens with zero attached hydrogens (tertiary/aromatic N) is 7. The number of imidazole rings is 1. The molecule has 11 nitrogen and oxygen atoms in total. The average Bonchev–Trinajstić information content (AvgIpc) is 3.20. The van der Waals surface area contributed by atoms with Crippen molar-refractivity contribution in [2.45, 2.75) is 58.5 Å². The van der Waals surface area contributed by atoms with E-state index >= 15 is 0 Å². The fourth-order valence-electron chi connectivity index (χ4n) is 4.60. The summed E-state index contributed by atoms with van der Waals surface area (Å²) in [6.07, 6.45) is 10.4. The highest BCUT2D eigenvalue weighted by molar-refractivity contribution is 5.80. The van der Waals surface area contributed by atoms with Crippen molar-refractivity contribution in [3.8, 4) is 0 Å². The van der Waals surface area contributed by atoms with Gasteiger partial charge in [0, 0.05) is 57.7 Å². The Labute approximate surface area is 221 Å². The van der Waals surface area contributed by atoms with Gasteiger partial charge in [0.05, 0.1) is 11.0 Å². The molecule has 3 aromatic heterocycles. The zero-order valence-corrected chi connectivity index (χ0v) is 22.2. The molecular weight excluding hydrogens is 482 g/mol. The molecule has 38 heavy (non-hydrogen) atoms. The van der Waals surface area contributed by atoms with Gasteiger partial charge in [-0.25, -0.2) is 14.6 Å². The molecule has 0 unspecified atom stereocenters. The Morgan fingerprint density at radius 1 is 0.816 bits per heavy atom. The van der Waals surface area contributed by atoms with E-state index in [-0.39, 0.29) is 11.6 Å². The molecule has 0 radical (unpaired) electrons. The third kappa shape index (κ3) is 6.58. The quantitative estimate of drug-likeness (QED) is 0.257. The van der Waals surface area contributed by atoms with E-state index in [1.807, 2.05) is 0 Å². The summed E-state index contributed by atoms with van der Waals surface area (Å²) in [5.41, 5.74) is 13.4. The molecule has 4 rings (SSSR count). The number of hydrogen-bond donors (Lipinski definition) is 2. The number of nitrogen functional groups attached to an aromatic ring is 2. The van der Waals surface area contributed by atoms with Crippen LogP contribution in [0.5, 0.6) is 0 Å². The summed E-state index contributed by atoms with van der Waals surface area (Å²) in [6.45, 7) is 4.08. The summed E-state index contributed by atoms with van der Waals surface area (Å²) >= 11 is 0. The van der Waals surface area contributed by atoms with Crippen LogP contribution in [0.15, 0.2) is 52.3 Å². The van der Waals surface area contributed by atoms with Crippen molar-refractivity contribution in [2.24, 2.45) is 7.05 Å². The molecule has 3 heterocycles. The SMILES string of the molecule is CCCCCCCc1nc2cc(N(CCn3ccc(N)nc3=O)CCn3ccc(N)nc3=O)ccc2n1C. The third-order valence-electron chi connectivity index (χ3n) is 6.84. The average molecular weight is 520 g/mol. The minimum atomic E-state index is -0.396. The summed E-state index contributed by atoms with van der Waals surface area (Å²) < 4.78 is 5.22. The number of aryl methyl sites for hydroxylation is 2. The minimum absolute atomic E-state index is 0.195. The highest BCUT2D eigenvalue weighted by atomic mass is 16.1. The van der Waals surface area contributed by atoms with Gasteiger partial charge in [-0.15, -0.1) is 0 Å². The van der Waals surface area contributed by atoms with E-state index in [9.17, 15) is 9.59 Å². The lowest BCUT2D eigenvalue weighted by atomic mass is 10.1. The number of nitrogens with two attached hydrogens (primary N) is 2. The Balaban J connectivity index is 1.56. The second kappa shape index (κ2) is 12.4. The molecule has 0 saturated carbocycles. The first-order valence-corrected chi connectivity index (χ1v) is 13.2. The Hall–Kier alpha value is -4.15. The highest BCUT2D eigenvalue weighted by Gasteiger charge is 2.13. The van der Waals surface area contributed by atoms with Crippen LogP contribution in [-0.4, -0.2) is 41.7 Å². The van der Waals surface area contributed by atoms with Crippen LogP contribution in [0.25, 0.3) is 11.0 Å². The summed E-state index contributed by atoms with van der Waals surface area (Å²) in [5, 5.41) is 0. The fraction of sp³-hybridized carbons (Fsp3) is 0.444. The van der Waals surface area contributed by atoms with E-state index in [1.54, 1.807) is 24.5 Å². The minimum Gasteiger partial charge on any atom is -0.383 e. The van der Waals surface area contributed by atoms with Crippen LogP contribution >= 0.6 is 0 Å². The van der Waals surface area contributed by atoms with E-state index in [0.29, 0.717) is 26.2 Å². The van der Waals surface area contributed by atoms with Crippen LogP contribution in [0, 0.1) is 0 Å². The number of anilines is 3. The van der Waals surface area contributed by atoms with Gasteiger partial charge in [-0.05, 0) is 36.8 Å². The molecule has 0 spiro atoms. The van der Waals surface area contributed by atoms with Crippen molar-refractivity contribution in [3.63, 3.8) is 0 Å². The lowest BCUT2D eigenvalue weighted by Gasteiger charge is -2.25. The molecule has 0 fully saturated rings. The van der Waals surface area contributed by atoms with Gasteiger partial charge in [-0.2, -0.15) is 9.97 Å². The molecule has 1 aromatic carbocycles. The predicted octanol–water partition coefficient (Wildman–Crippen LogP) is 2.57. The second-order valence-electron chi connectivity index (χ2n) is 9.57. The van der Waals surface area contributed by atoms with Crippen molar-refractivity contribution in [1.82, 2.24) is 28.7 Å². The molecule has 0 aliphatic carbocycles. The van der Waals surface area contributed by atoms with Crippen molar-refractivity contribution in [3.05, 3.63) is 69.5 Å². The lowest BCUT2D eigenvalue weighted by molar-refractivity contribution is 0.582. The fourth-order valence-corrected chi connectivity index (χ4v) is 4.60. The zero-order chi connectivity index (χ0) is 27.1. The second-order valence-corrected chi connectivity index (χ2v) is 9.57. The van der Waals surface area contributed by atoms with Gasteiger partial charge >= 0.3 is 11.4 Å². The van der Waals surface area contributed by atoms with Crippen LogP contribution in [0.3, 0.4) is 0 Å². The van der Waals surface area contributed by atoms with E-state index in [1.165, 1.54) is 34.8 Å². The maximum absolute atomic E-state index is 12.3. The Kier molecular flexibility index (Phi) is 8.77. The molecule has 4 aromatic rings. The Bertz CT molecular complexity index is 1420. The van der Waals surface area contributed by atoms with Crippen molar-refractivity contribution < 1.29 is 0 Å². The Morgan fingerprint density at radius 2 is 1.42 bits per heavy atom. The third-order valence-corrected chi connectivity index (χ3v) is 6.84. The molecule has 0 aliphatic rings. The first-order chi connectivity index (χ1) is 18.4. The number of fused-ring (bicyclic) bond motifs is 1. The molecular formula is C27H37N9O2. The van der Waals surface area contributed by atoms with E-state index in [0.717, 1.165) is 35.4 Å². The maximum atomic E-state index is 12.3. The molecule has 0 bridgehead atoms.